The highest BCUT2D eigenvalue weighted by molar-refractivity contribution is 6.34. The minimum Gasteiger partial charge on any atom is -0.493 e. The van der Waals surface area contributed by atoms with Crippen LogP contribution < -0.4 is 9.47 Å². The van der Waals surface area contributed by atoms with Gasteiger partial charge < -0.3 is 19.1 Å². The van der Waals surface area contributed by atoms with Crippen molar-refractivity contribution in [3.05, 3.63) is 71.2 Å². The van der Waals surface area contributed by atoms with Gasteiger partial charge in [-0.25, -0.2) is 14.8 Å². The molecule has 33 heavy (non-hydrogen) atoms. The number of benzene rings is 2. The minimum absolute atomic E-state index is 0.249. The second kappa shape index (κ2) is 9.27. The van der Waals surface area contributed by atoms with Gasteiger partial charge in [0.05, 0.1) is 12.6 Å². The molecule has 1 saturated heterocycles. The molecule has 5 rings (SSSR count). The average Bonchev–Trinajstić information content (AvgIpc) is 3.41. The van der Waals surface area contributed by atoms with Crippen molar-refractivity contribution in [2.24, 2.45) is 11.8 Å². The van der Waals surface area contributed by atoms with E-state index in [0.29, 0.717) is 60.3 Å². The van der Waals surface area contributed by atoms with Crippen LogP contribution in [0.25, 0.3) is 10.9 Å². The number of rotatable bonds is 6. The van der Waals surface area contributed by atoms with E-state index in [4.69, 9.17) is 25.8 Å². The molecule has 2 aromatic carbocycles. The Hall–Kier alpha value is -3.32. The summed E-state index contributed by atoms with van der Waals surface area (Å²) in [5, 5.41) is 1.10. The summed E-state index contributed by atoms with van der Waals surface area (Å²) in [4.78, 5) is 22.6. The molecular formula is C25H24ClN3O4. The number of amides is 1. The number of hydrogen-bond donors (Lipinski definition) is 0. The molecule has 0 bridgehead atoms. The number of carbonyl (C=O) groups excluding carboxylic acids is 1. The Bertz CT molecular complexity index is 1200. The number of carbonyl (C=O) groups is 1. The van der Waals surface area contributed by atoms with E-state index in [1.165, 1.54) is 11.9 Å². The predicted molar refractivity (Wildman–Crippen MR) is 124 cm³/mol. The summed E-state index contributed by atoms with van der Waals surface area (Å²) in [7, 11) is 1.59. The van der Waals surface area contributed by atoms with E-state index in [2.05, 4.69) is 16.0 Å². The summed E-state index contributed by atoms with van der Waals surface area (Å²) in [6.07, 6.45) is 4.32. The van der Waals surface area contributed by atoms with Crippen molar-refractivity contribution >= 4 is 28.6 Å². The van der Waals surface area contributed by atoms with Crippen LogP contribution in [0.3, 0.4) is 0 Å². The van der Waals surface area contributed by atoms with Crippen LogP contribution >= 0.6 is 11.6 Å². The number of ether oxygens (including phenoxy) is 3. The second-order valence-electron chi connectivity index (χ2n) is 8.37. The van der Waals surface area contributed by atoms with Gasteiger partial charge in [-0.05, 0) is 35.5 Å². The monoisotopic (exact) mass is 465 g/mol. The highest BCUT2D eigenvalue weighted by Gasteiger charge is 2.38. The van der Waals surface area contributed by atoms with Gasteiger partial charge in [0.15, 0.2) is 11.5 Å². The molecule has 0 spiro atoms. The highest BCUT2D eigenvalue weighted by Crippen LogP contribution is 2.39. The number of hydrogen-bond acceptors (Lipinski definition) is 6. The predicted octanol–water partition coefficient (Wildman–Crippen LogP) is 4.89. The highest BCUT2D eigenvalue weighted by atomic mass is 35.5. The van der Waals surface area contributed by atoms with E-state index < -0.39 is 0 Å². The fourth-order valence-corrected chi connectivity index (χ4v) is 4.75. The van der Waals surface area contributed by atoms with Crippen molar-refractivity contribution in [1.82, 2.24) is 14.9 Å². The van der Waals surface area contributed by atoms with Gasteiger partial charge in [0.2, 0.25) is 0 Å². The molecule has 0 radical (unpaired) electrons. The van der Waals surface area contributed by atoms with Crippen LogP contribution in [-0.2, 0) is 11.3 Å². The van der Waals surface area contributed by atoms with Crippen LogP contribution in [0.15, 0.2) is 60.4 Å². The zero-order valence-electron chi connectivity index (χ0n) is 18.2. The maximum Gasteiger partial charge on any atom is 0.410 e. The van der Waals surface area contributed by atoms with E-state index in [-0.39, 0.29) is 6.09 Å². The lowest BCUT2D eigenvalue weighted by Crippen LogP contribution is -2.30. The Morgan fingerprint density at radius 2 is 1.97 bits per heavy atom. The summed E-state index contributed by atoms with van der Waals surface area (Å²) >= 11 is 6.16. The van der Waals surface area contributed by atoms with Crippen molar-refractivity contribution < 1.29 is 19.0 Å². The average molecular weight is 466 g/mol. The van der Waals surface area contributed by atoms with Gasteiger partial charge in [0, 0.05) is 24.5 Å². The van der Waals surface area contributed by atoms with E-state index in [1.54, 1.807) is 13.2 Å². The van der Waals surface area contributed by atoms with Gasteiger partial charge in [-0.2, -0.15) is 0 Å². The largest absolute Gasteiger partial charge is 0.493 e. The van der Waals surface area contributed by atoms with Crippen LogP contribution in [0.1, 0.15) is 12.0 Å². The third-order valence-electron chi connectivity index (χ3n) is 6.21. The summed E-state index contributed by atoms with van der Waals surface area (Å²) < 4.78 is 17.0. The van der Waals surface area contributed by atoms with Crippen molar-refractivity contribution in [2.45, 2.75) is 13.0 Å². The molecule has 0 saturated carbocycles. The molecular weight excluding hydrogens is 442 g/mol. The third-order valence-corrected chi connectivity index (χ3v) is 6.52. The van der Waals surface area contributed by atoms with Gasteiger partial charge in [-0.3, -0.25) is 0 Å². The fourth-order valence-electron chi connectivity index (χ4n) is 4.55. The van der Waals surface area contributed by atoms with Crippen molar-refractivity contribution in [2.75, 3.05) is 26.8 Å². The van der Waals surface area contributed by atoms with Crippen LogP contribution in [0.2, 0.25) is 5.15 Å². The van der Waals surface area contributed by atoms with Crippen molar-refractivity contribution in [3.63, 3.8) is 0 Å². The number of likely N-dealkylation sites (tertiary alicyclic amines) is 1. The molecule has 2 heterocycles. The van der Waals surface area contributed by atoms with Gasteiger partial charge >= 0.3 is 6.09 Å². The molecule has 0 N–H and O–H groups in total. The molecule has 2 unspecified atom stereocenters. The molecule has 1 aromatic heterocycles. The van der Waals surface area contributed by atoms with E-state index in [1.807, 2.05) is 41.3 Å². The zero-order chi connectivity index (χ0) is 22.8. The zero-order valence-corrected chi connectivity index (χ0v) is 19.0. The smallest absolute Gasteiger partial charge is 0.410 e. The molecule has 2 aliphatic rings. The molecule has 1 aliphatic carbocycles. The van der Waals surface area contributed by atoms with Crippen molar-refractivity contribution in [1.29, 1.82) is 0 Å². The van der Waals surface area contributed by atoms with E-state index in [9.17, 15) is 4.79 Å². The molecule has 1 fully saturated rings. The molecule has 8 heteroatoms. The first kappa shape index (κ1) is 21.5. The van der Waals surface area contributed by atoms with Gasteiger partial charge in [-0.1, -0.05) is 48.0 Å². The normalized spacial score (nSPS) is 19.3. The Labute approximate surface area is 196 Å². The maximum absolute atomic E-state index is 12.5. The quantitative estimate of drug-likeness (QED) is 0.381. The summed E-state index contributed by atoms with van der Waals surface area (Å²) in [5.74, 6) is 1.94. The number of methoxy groups -OCH3 is 1. The lowest BCUT2D eigenvalue weighted by Gasteiger charge is -2.17. The fraction of sp³-hybridized carbons (Fsp3) is 0.320. The Kier molecular flexibility index (Phi) is 6.05. The van der Waals surface area contributed by atoms with E-state index >= 15 is 0 Å². The first-order valence-electron chi connectivity index (χ1n) is 10.9. The number of aromatic nitrogens is 2. The minimum atomic E-state index is -0.249. The Balaban J connectivity index is 1.18. The first-order valence-corrected chi connectivity index (χ1v) is 11.2. The van der Waals surface area contributed by atoms with Crippen LogP contribution in [-0.4, -0.2) is 47.8 Å². The summed E-state index contributed by atoms with van der Waals surface area (Å²) in [6, 6.07) is 13.3. The lowest BCUT2D eigenvalue weighted by molar-refractivity contribution is 0.102. The number of nitrogens with zero attached hydrogens (tertiary/aromatic N) is 3. The van der Waals surface area contributed by atoms with E-state index in [0.717, 1.165) is 17.4 Å². The molecule has 3 aromatic rings. The van der Waals surface area contributed by atoms with Crippen LogP contribution in [0.4, 0.5) is 4.79 Å². The maximum atomic E-state index is 12.5. The molecule has 7 nitrogen and oxygen atoms in total. The molecule has 2 atom stereocenters. The summed E-state index contributed by atoms with van der Waals surface area (Å²) in [6.45, 7) is 2.14. The lowest BCUT2D eigenvalue weighted by atomic mass is 10.00. The molecule has 1 aliphatic heterocycles. The van der Waals surface area contributed by atoms with Gasteiger partial charge in [-0.15, -0.1) is 0 Å². The van der Waals surface area contributed by atoms with Gasteiger partial charge in [0.1, 0.15) is 24.7 Å². The summed E-state index contributed by atoms with van der Waals surface area (Å²) in [5.41, 5.74) is 2.92. The second-order valence-corrected chi connectivity index (χ2v) is 8.73. The van der Waals surface area contributed by atoms with Crippen LogP contribution in [0, 0.1) is 11.8 Å². The topological polar surface area (TPSA) is 73.8 Å². The molecule has 170 valence electrons. The Morgan fingerprint density at radius 3 is 2.76 bits per heavy atom. The van der Waals surface area contributed by atoms with Crippen molar-refractivity contribution in [3.8, 4) is 11.5 Å². The van der Waals surface area contributed by atoms with Crippen LogP contribution in [0.5, 0.6) is 11.5 Å². The first-order chi connectivity index (χ1) is 16.1. The number of fused-ring (bicyclic) bond motifs is 2. The third kappa shape index (κ3) is 4.59. The molecule has 1 amide bonds. The number of halogens is 1. The SMILES string of the molecule is COc1cc2c(Cl)ncnc2cc1OCC1=CC2CN(C(=O)OCc3ccccc3)CC2C1. The standard InChI is InChI=1S/C25H24ClN3O4/c1-31-22-9-20-21(27-15-28-24(20)26)10-23(22)32-14-17-7-18-11-29(12-19(18)8-17)25(30)33-13-16-5-3-2-4-6-16/h2-7,9-10,15,18-19H,8,11-14H2,1H3. The van der Waals surface area contributed by atoms with Gasteiger partial charge in [0.25, 0.3) is 0 Å². The Morgan fingerprint density at radius 1 is 1.12 bits per heavy atom.